The molecule has 0 fully saturated rings. The molecule has 218 valence electrons. The Morgan fingerprint density at radius 2 is 1.10 bits per heavy atom. The van der Waals surface area contributed by atoms with Crippen LogP contribution in [0.25, 0.3) is 0 Å². The molecule has 0 bridgehead atoms. The molecular formula is C31H48N2O6. The van der Waals surface area contributed by atoms with Crippen molar-refractivity contribution in [3.8, 4) is 0 Å². The quantitative estimate of drug-likeness (QED) is 0.145. The number of rotatable bonds is 20. The van der Waals surface area contributed by atoms with Crippen molar-refractivity contribution in [1.29, 1.82) is 0 Å². The first-order valence-corrected chi connectivity index (χ1v) is 14.4. The highest BCUT2D eigenvalue weighted by Gasteiger charge is 2.05. The maximum absolute atomic E-state index is 11.3. The number of carbonyl (C=O) groups excluding carboxylic acids is 1. The van der Waals surface area contributed by atoms with Gasteiger partial charge in [0, 0.05) is 50.2 Å². The average molecular weight is 545 g/mol. The molecule has 0 aliphatic carbocycles. The summed E-state index contributed by atoms with van der Waals surface area (Å²) in [4.78, 5) is 30.3. The first kappa shape index (κ1) is 34.2. The molecule has 0 radical (unpaired) electrons. The zero-order chi connectivity index (χ0) is 28.6. The van der Waals surface area contributed by atoms with Crippen LogP contribution < -0.4 is 0 Å². The SMILES string of the molecule is CCCCCOCCCCc1ccc(C(=O)O)cn1.CCCCCOCCCCc1ccc(C(=O)OC)cn1. The summed E-state index contributed by atoms with van der Waals surface area (Å²) in [5.41, 5.74) is 2.68. The standard InChI is InChI=1S/C16H25NO3.C15H23NO3/c1-3-4-6-11-20-12-7-5-8-15-10-9-14(13-17-15)16(18)19-2;1-2-3-5-10-19-11-6-4-7-14-9-8-13(12-16-14)15(17)18/h9-10,13H,3-8,11-12H2,1-2H3;8-9,12H,2-7,10-11H2,1H3,(H,17,18). The van der Waals surface area contributed by atoms with E-state index in [2.05, 4.69) is 28.6 Å². The number of aromatic nitrogens is 2. The highest BCUT2D eigenvalue weighted by Crippen LogP contribution is 2.07. The summed E-state index contributed by atoms with van der Waals surface area (Å²) in [6.45, 7) is 7.74. The van der Waals surface area contributed by atoms with Crippen molar-refractivity contribution in [2.45, 2.75) is 90.9 Å². The van der Waals surface area contributed by atoms with Gasteiger partial charge in [-0.15, -0.1) is 0 Å². The van der Waals surface area contributed by atoms with E-state index in [-0.39, 0.29) is 11.5 Å². The zero-order valence-corrected chi connectivity index (χ0v) is 24.2. The second-order valence-electron chi connectivity index (χ2n) is 9.43. The number of carboxylic acid groups (broad SMARTS) is 1. The smallest absolute Gasteiger partial charge is 0.339 e. The number of ether oxygens (including phenoxy) is 3. The predicted octanol–water partition coefficient (Wildman–Crippen LogP) is 6.71. The fourth-order valence-corrected chi connectivity index (χ4v) is 3.64. The Hall–Kier alpha value is -2.84. The normalized spacial score (nSPS) is 10.5. The lowest BCUT2D eigenvalue weighted by molar-refractivity contribution is 0.0599. The van der Waals surface area contributed by atoms with Gasteiger partial charge < -0.3 is 19.3 Å². The third-order valence-corrected chi connectivity index (χ3v) is 6.05. The van der Waals surface area contributed by atoms with Crippen LogP contribution in [0.15, 0.2) is 36.7 Å². The lowest BCUT2D eigenvalue weighted by atomic mass is 10.1. The third kappa shape index (κ3) is 17.4. The zero-order valence-electron chi connectivity index (χ0n) is 24.2. The molecule has 8 heteroatoms. The molecule has 1 N–H and O–H groups in total. The van der Waals surface area contributed by atoms with Gasteiger partial charge in [0.1, 0.15) is 0 Å². The second-order valence-corrected chi connectivity index (χ2v) is 9.43. The Morgan fingerprint density at radius 1 is 0.667 bits per heavy atom. The van der Waals surface area contributed by atoms with E-state index in [1.54, 1.807) is 24.4 Å². The van der Waals surface area contributed by atoms with E-state index in [0.29, 0.717) is 5.56 Å². The number of pyridine rings is 2. The van der Waals surface area contributed by atoms with Crippen LogP contribution >= 0.6 is 0 Å². The van der Waals surface area contributed by atoms with Crippen LogP contribution in [-0.2, 0) is 27.1 Å². The van der Waals surface area contributed by atoms with Gasteiger partial charge in [-0.3, -0.25) is 9.97 Å². The molecule has 0 saturated heterocycles. The van der Waals surface area contributed by atoms with E-state index in [9.17, 15) is 9.59 Å². The first-order chi connectivity index (χ1) is 19.0. The van der Waals surface area contributed by atoms with Gasteiger partial charge in [-0.2, -0.15) is 0 Å². The number of carboxylic acids is 1. The summed E-state index contributed by atoms with van der Waals surface area (Å²) in [6, 6.07) is 7.03. The minimum absolute atomic E-state index is 0.239. The molecule has 0 unspecified atom stereocenters. The number of aryl methyl sites for hydroxylation is 2. The number of hydrogen-bond donors (Lipinski definition) is 1. The van der Waals surface area contributed by atoms with E-state index >= 15 is 0 Å². The summed E-state index contributed by atoms with van der Waals surface area (Å²) in [7, 11) is 1.37. The molecule has 2 heterocycles. The number of unbranched alkanes of at least 4 members (excludes halogenated alkanes) is 6. The Bertz CT molecular complexity index is 887. The van der Waals surface area contributed by atoms with Crippen molar-refractivity contribution >= 4 is 11.9 Å². The topological polar surface area (TPSA) is 108 Å². The van der Waals surface area contributed by atoms with Gasteiger partial charge in [0.25, 0.3) is 0 Å². The average Bonchev–Trinajstić information content (AvgIpc) is 2.96. The van der Waals surface area contributed by atoms with E-state index in [0.717, 1.165) is 89.2 Å². The van der Waals surface area contributed by atoms with Crippen LogP contribution in [0.3, 0.4) is 0 Å². The predicted molar refractivity (Wildman–Crippen MR) is 153 cm³/mol. The molecule has 8 nitrogen and oxygen atoms in total. The molecule has 0 aliphatic heterocycles. The van der Waals surface area contributed by atoms with E-state index in [4.69, 9.17) is 14.6 Å². The van der Waals surface area contributed by atoms with Crippen molar-refractivity contribution in [2.75, 3.05) is 33.5 Å². The van der Waals surface area contributed by atoms with Gasteiger partial charge in [0.2, 0.25) is 0 Å². The fourth-order valence-electron chi connectivity index (χ4n) is 3.64. The molecule has 0 spiro atoms. The largest absolute Gasteiger partial charge is 0.478 e. The highest BCUT2D eigenvalue weighted by atomic mass is 16.5. The summed E-state index contributed by atoms with van der Waals surface area (Å²) >= 11 is 0. The highest BCUT2D eigenvalue weighted by molar-refractivity contribution is 5.88. The van der Waals surface area contributed by atoms with Gasteiger partial charge in [0.05, 0.1) is 18.2 Å². The molecule has 0 amide bonds. The van der Waals surface area contributed by atoms with Crippen LogP contribution in [0.1, 0.15) is 110 Å². The van der Waals surface area contributed by atoms with Gasteiger partial charge >= 0.3 is 11.9 Å². The Morgan fingerprint density at radius 3 is 1.46 bits per heavy atom. The van der Waals surface area contributed by atoms with Gasteiger partial charge in [-0.05, 0) is 75.6 Å². The van der Waals surface area contributed by atoms with Crippen molar-refractivity contribution in [1.82, 2.24) is 9.97 Å². The number of nitrogens with zero attached hydrogens (tertiary/aromatic N) is 2. The lowest BCUT2D eigenvalue weighted by Crippen LogP contribution is -2.03. The molecule has 2 rings (SSSR count). The number of esters is 1. The van der Waals surface area contributed by atoms with E-state index in [1.807, 2.05) is 6.07 Å². The number of aromatic carboxylic acids is 1. The molecule has 0 aliphatic rings. The van der Waals surface area contributed by atoms with Crippen molar-refractivity contribution in [3.63, 3.8) is 0 Å². The lowest BCUT2D eigenvalue weighted by Gasteiger charge is -2.04. The van der Waals surface area contributed by atoms with Crippen LogP contribution in [0.4, 0.5) is 0 Å². The van der Waals surface area contributed by atoms with Crippen LogP contribution in [-0.4, -0.2) is 60.6 Å². The molecule has 0 atom stereocenters. The Labute approximate surface area is 234 Å². The monoisotopic (exact) mass is 544 g/mol. The molecule has 0 aromatic carbocycles. The van der Waals surface area contributed by atoms with Crippen LogP contribution in [0.5, 0.6) is 0 Å². The molecule has 2 aromatic heterocycles. The Balaban J connectivity index is 0.000000391. The number of methoxy groups -OCH3 is 1. The maximum atomic E-state index is 11.3. The van der Waals surface area contributed by atoms with Gasteiger partial charge in [-0.1, -0.05) is 39.5 Å². The second kappa shape index (κ2) is 23.1. The molecule has 0 saturated carbocycles. The summed E-state index contributed by atoms with van der Waals surface area (Å²) in [6.07, 6.45) is 16.2. The number of carbonyl (C=O) groups is 2. The van der Waals surface area contributed by atoms with Crippen molar-refractivity contribution < 1.29 is 28.9 Å². The summed E-state index contributed by atoms with van der Waals surface area (Å²) in [5.74, 6) is -1.27. The summed E-state index contributed by atoms with van der Waals surface area (Å²) in [5, 5.41) is 8.75. The van der Waals surface area contributed by atoms with Crippen LogP contribution in [0.2, 0.25) is 0 Å². The number of hydrogen-bond acceptors (Lipinski definition) is 7. The molecular weight excluding hydrogens is 496 g/mol. The van der Waals surface area contributed by atoms with Crippen LogP contribution in [0, 0.1) is 0 Å². The maximum Gasteiger partial charge on any atom is 0.339 e. The minimum atomic E-state index is -0.931. The molecule has 39 heavy (non-hydrogen) atoms. The summed E-state index contributed by atoms with van der Waals surface area (Å²) < 4.78 is 15.7. The van der Waals surface area contributed by atoms with Crippen molar-refractivity contribution in [2.24, 2.45) is 0 Å². The van der Waals surface area contributed by atoms with E-state index in [1.165, 1.54) is 39.0 Å². The molecule has 2 aromatic rings. The van der Waals surface area contributed by atoms with Gasteiger partial charge in [0.15, 0.2) is 0 Å². The fraction of sp³-hybridized carbons (Fsp3) is 0.613. The third-order valence-electron chi connectivity index (χ3n) is 6.05. The Kier molecular flexibility index (Phi) is 20.2. The minimum Gasteiger partial charge on any atom is -0.478 e. The van der Waals surface area contributed by atoms with Gasteiger partial charge in [-0.25, -0.2) is 9.59 Å². The first-order valence-electron chi connectivity index (χ1n) is 14.4. The van der Waals surface area contributed by atoms with E-state index < -0.39 is 5.97 Å². The van der Waals surface area contributed by atoms with Crippen molar-refractivity contribution in [3.05, 3.63) is 59.2 Å².